The van der Waals surface area contributed by atoms with Crippen LogP contribution in [0.1, 0.15) is 6.92 Å². The lowest BCUT2D eigenvalue weighted by molar-refractivity contribution is -0.107. The number of hydrogen-bond donors (Lipinski definition) is 0. The van der Waals surface area contributed by atoms with Crippen molar-refractivity contribution in [2.75, 3.05) is 52.9 Å². The maximum atomic E-state index is 12.3. The van der Waals surface area contributed by atoms with E-state index in [9.17, 15) is 43.2 Å². The highest BCUT2D eigenvalue weighted by Crippen LogP contribution is 2.29. The van der Waals surface area contributed by atoms with Crippen LogP contribution < -0.4 is 0 Å². The minimum atomic E-state index is -6.47. The molecule has 18 heteroatoms. The van der Waals surface area contributed by atoms with E-state index in [4.69, 9.17) is 14.2 Å². The summed E-state index contributed by atoms with van der Waals surface area (Å²) in [5.74, 6) is 0. The molecule has 0 aliphatic rings. The zero-order valence-corrected chi connectivity index (χ0v) is 17.0. The fourth-order valence-corrected chi connectivity index (χ4v) is 2.37. The molecule has 0 aliphatic heterocycles. The summed E-state index contributed by atoms with van der Waals surface area (Å²) in [6, 6.07) is 0. The Morgan fingerprint density at radius 3 is 1.30 bits per heavy atom. The molecular formula is C12H20F6O10S2. The smallest absolute Gasteiger partial charge is 0.379 e. The lowest BCUT2D eigenvalue weighted by Gasteiger charge is -2.19. The molecule has 0 saturated heterocycles. The average Bonchev–Trinajstić information content (AvgIpc) is 2.56. The summed E-state index contributed by atoms with van der Waals surface area (Å²) < 4.78 is 144. The number of hydrogen-bond acceptors (Lipinski definition) is 10. The van der Waals surface area contributed by atoms with Crippen LogP contribution in [0.25, 0.3) is 0 Å². The topological polar surface area (TPSA) is 124 Å². The third-order valence-electron chi connectivity index (χ3n) is 2.61. The van der Waals surface area contributed by atoms with Crippen LogP contribution in [0.15, 0.2) is 0 Å². The van der Waals surface area contributed by atoms with Crippen LogP contribution in [0.4, 0.5) is 26.3 Å². The predicted molar refractivity (Wildman–Crippen MR) is 84.9 cm³/mol. The van der Waals surface area contributed by atoms with E-state index in [0.717, 1.165) is 0 Å². The van der Waals surface area contributed by atoms with Gasteiger partial charge in [0.1, 0.15) is 6.61 Å². The van der Waals surface area contributed by atoms with Gasteiger partial charge in [-0.2, -0.15) is 43.2 Å². The normalized spacial score (nSPS) is 13.9. The number of halogens is 6. The van der Waals surface area contributed by atoms with Gasteiger partial charge in [-0.1, -0.05) is 0 Å². The Hall–Kier alpha value is -0.760. The first-order valence-electron chi connectivity index (χ1n) is 7.94. The SMILES string of the molecule is CCOCCOCCOCCOCC(OS(=O)(=O)C(F)(F)F)OS(=O)(=O)C(F)(F)F. The molecule has 182 valence electrons. The van der Waals surface area contributed by atoms with Gasteiger partial charge >= 0.3 is 31.3 Å². The van der Waals surface area contributed by atoms with Crippen molar-refractivity contribution in [2.24, 2.45) is 0 Å². The molecule has 0 heterocycles. The fourth-order valence-electron chi connectivity index (χ4n) is 1.34. The molecule has 0 aromatic rings. The lowest BCUT2D eigenvalue weighted by atomic mass is 10.6. The van der Waals surface area contributed by atoms with Crippen LogP contribution in [-0.2, 0) is 47.5 Å². The average molecular weight is 502 g/mol. The van der Waals surface area contributed by atoms with Gasteiger partial charge < -0.3 is 18.9 Å². The molecule has 0 radical (unpaired) electrons. The second-order valence-electron chi connectivity index (χ2n) is 4.92. The van der Waals surface area contributed by atoms with Gasteiger partial charge in [0.25, 0.3) is 0 Å². The molecule has 10 nitrogen and oxygen atoms in total. The minimum absolute atomic E-state index is 0.0524. The molecule has 0 aromatic heterocycles. The molecule has 0 fully saturated rings. The second-order valence-corrected chi connectivity index (χ2v) is 8.05. The van der Waals surface area contributed by atoms with Crippen LogP contribution in [-0.4, -0.2) is 87.0 Å². The van der Waals surface area contributed by atoms with Crippen molar-refractivity contribution in [3.63, 3.8) is 0 Å². The number of ether oxygens (including phenoxy) is 4. The summed E-state index contributed by atoms with van der Waals surface area (Å²) in [5, 5.41) is 0. The highest BCUT2D eigenvalue weighted by atomic mass is 32.2. The van der Waals surface area contributed by atoms with Crippen molar-refractivity contribution >= 4 is 20.2 Å². The Morgan fingerprint density at radius 2 is 0.967 bits per heavy atom. The zero-order chi connectivity index (χ0) is 23.5. The van der Waals surface area contributed by atoms with E-state index in [1.54, 1.807) is 6.92 Å². The second kappa shape index (κ2) is 12.9. The van der Waals surface area contributed by atoms with E-state index in [0.29, 0.717) is 19.8 Å². The first kappa shape index (κ1) is 29.2. The fraction of sp³-hybridized carbons (Fsp3) is 1.00. The molecule has 0 aromatic carbocycles. The van der Waals surface area contributed by atoms with Crippen molar-refractivity contribution in [3.8, 4) is 0 Å². The van der Waals surface area contributed by atoms with Crippen molar-refractivity contribution in [1.29, 1.82) is 0 Å². The van der Waals surface area contributed by atoms with Crippen molar-refractivity contribution in [1.82, 2.24) is 0 Å². The minimum Gasteiger partial charge on any atom is -0.379 e. The largest absolute Gasteiger partial charge is 0.523 e. The van der Waals surface area contributed by atoms with Crippen molar-refractivity contribution < 1.29 is 70.5 Å². The van der Waals surface area contributed by atoms with E-state index in [1.807, 2.05) is 0 Å². The van der Waals surface area contributed by atoms with Crippen molar-refractivity contribution in [2.45, 2.75) is 24.2 Å². The summed E-state index contributed by atoms with van der Waals surface area (Å²) in [6.45, 7) is 1.06. The molecule has 0 saturated carbocycles. The quantitative estimate of drug-likeness (QED) is 0.0998. The summed E-state index contributed by atoms with van der Waals surface area (Å²) in [6.07, 6.45) is -3.08. The molecule has 0 bridgehead atoms. The molecule has 0 atom stereocenters. The molecule has 0 spiro atoms. The monoisotopic (exact) mass is 502 g/mol. The predicted octanol–water partition coefficient (Wildman–Crippen LogP) is 1.13. The van der Waals surface area contributed by atoms with E-state index >= 15 is 0 Å². The van der Waals surface area contributed by atoms with Gasteiger partial charge in [0.2, 0.25) is 6.29 Å². The van der Waals surface area contributed by atoms with Gasteiger partial charge in [-0.15, -0.1) is 0 Å². The Kier molecular flexibility index (Phi) is 12.6. The summed E-state index contributed by atoms with van der Waals surface area (Å²) in [7, 11) is -12.9. The van der Waals surface area contributed by atoms with Crippen molar-refractivity contribution in [3.05, 3.63) is 0 Å². The van der Waals surface area contributed by atoms with Crippen LogP contribution in [0.2, 0.25) is 0 Å². The lowest BCUT2D eigenvalue weighted by Crippen LogP contribution is -2.38. The van der Waals surface area contributed by atoms with E-state index < -0.39 is 50.8 Å². The van der Waals surface area contributed by atoms with Crippen LogP contribution in [0.3, 0.4) is 0 Å². The Morgan fingerprint density at radius 1 is 0.633 bits per heavy atom. The summed E-state index contributed by atoms with van der Waals surface area (Å²) in [5.41, 5.74) is -12.1. The zero-order valence-electron chi connectivity index (χ0n) is 15.4. The summed E-state index contributed by atoms with van der Waals surface area (Å²) >= 11 is 0. The molecule has 30 heavy (non-hydrogen) atoms. The molecule has 0 aliphatic carbocycles. The molecular weight excluding hydrogens is 482 g/mol. The maximum absolute atomic E-state index is 12.3. The molecule has 0 unspecified atom stereocenters. The van der Waals surface area contributed by atoms with E-state index in [1.165, 1.54) is 0 Å². The Balaban J connectivity index is 4.54. The highest BCUT2D eigenvalue weighted by Gasteiger charge is 2.52. The van der Waals surface area contributed by atoms with Gasteiger partial charge in [0.05, 0.1) is 39.6 Å². The summed E-state index contributed by atoms with van der Waals surface area (Å²) in [4.78, 5) is 0. The van der Waals surface area contributed by atoms with Crippen LogP contribution >= 0.6 is 0 Å². The number of alkyl halides is 6. The van der Waals surface area contributed by atoms with E-state index in [2.05, 4.69) is 13.1 Å². The Labute approximate surface area is 168 Å². The first-order chi connectivity index (χ1) is 13.6. The molecule has 0 rings (SSSR count). The van der Waals surface area contributed by atoms with E-state index in [-0.39, 0.29) is 19.8 Å². The van der Waals surface area contributed by atoms with Gasteiger partial charge in [-0.25, -0.2) is 8.37 Å². The molecule has 0 amide bonds. The highest BCUT2D eigenvalue weighted by molar-refractivity contribution is 7.88. The van der Waals surface area contributed by atoms with Gasteiger partial charge in [-0.3, -0.25) is 0 Å². The van der Waals surface area contributed by atoms with Gasteiger partial charge in [0.15, 0.2) is 0 Å². The maximum Gasteiger partial charge on any atom is 0.523 e. The van der Waals surface area contributed by atoms with Crippen LogP contribution in [0, 0.1) is 0 Å². The molecule has 0 N–H and O–H groups in total. The standard InChI is InChI=1S/C12H20F6O10S2/c1-2-23-3-4-24-5-6-25-7-8-26-9-10(27-29(19,20)11(13,14)15)28-30(21,22)12(16,17)18/h10H,2-9H2,1H3. The first-order valence-corrected chi connectivity index (χ1v) is 10.8. The Bertz CT molecular complexity index is 631. The van der Waals surface area contributed by atoms with Crippen LogP contribution in [0.5, 0.6) is 0 Å². The van der Waals surface area contributed by atoms with Gasteiger partial charge in [0, 0.05) is 6.61 Å². The third-order valence-corrected chi connectivity index (χ3v) is 4.68. The number of rotatable bonds is 16. The third kappa shape index (κ3) is 11.6. The van der Waals surface area contributed by atoms with Gasteiger partial charge in [-0.05, 0) is 6.92 Å².